The number of likely N-dealkylation sites (tertiary alicyclic amines) is 1. The van der Waals surface area contributed by atoms with E-state index in [0.29, 0.717) is 12.3 Å². The van der Waals surface area contributed by atoms with Gasteiger partial charge in [0.25, 0.3) is 0 Å². The van der Waals surface area contributed by atoms with E-state index in [2.05, 4.69) is 12.1 Å². The molecule has 5 heteroatoms. The van der Waals surface area contributed by atoms with Gasteiger partial charge in [0.2, 0.25) is 5.91 Å². The van der Waals surface area contributed by atoms with Crippen molar-refractivity contribution in [3.8, 4) is 0 Å². The van der Waals surface area contributed by atoms with Crippen LogP contribution in [0.25, 0.3) is 11.0 Å². The van der Waals surface area contributed by atoms with Gasteiger partial charge in [-0.1, -0.05) is 0 Å². The molecule has 2 heterocycles. The highest BCUT2D eigenvalue weighted by Gasteiger charge is 2.26. The molecule has 2 atom stereocenters. The molecule has 1 aromatic carbocycles. The first-order valence-electron chi connectivity index (χ1n) is 9.17. The van der Waals surface area contributed by atoms with E-state index < -0.39 is 0 Å². The maximum atomic E-state index is 12.8. The summed E-state index contributed by atoms with van der Waals surface area (Å²) in [7, 11) is 0. The van der Waals surface area contributed by atoms with Gasteiger partial charge in [-0.05, 0) is 68.2 Å². The zero-order valence-electron chi connectivity index (χ0n) is 14.8. The fraction of sp³-hybridized carbons (Fsp3) is 0.550. The fourth-order valence-electron chi connectivity index (χ4n) is 4.23. The third-order valence-electron chi connectivity index (χ3n) is 5.76. The highest BCUT2D eigenvalue weighted by atomic mass is 35.5. The number of benzene rings is 1. The van der Waals surface area contributed by atoms with Crippen molar-refractivity contribution in [1.29, 1.82) is 0 Å². The number of furan rings is 1. The van der Waals surface area contributed by atoms with Crippen molar-refractivity contribution in [2.75, 3.05) is 13.1 Å². The number of hydrogen-bond donors (Lipinski definition) is 1. The number of hydrogen-bond acceptors (Lipinski definition) is 3. The van der Waals surface area contributed by atoms with E-state index in [1.807, 2.05) is 11.8 Å². The number of amides is 1. The molecule has 2 unspecified atom stereocenters. The Morgan fingerprint density at radius 1 is 1.32 bits per heavy atom. The number of halogens is 1. The second-order valence-corrected chi connectivity index (χ2v) is 7.51. The molecule has 1 amide bonds. The van der Waals surface area contributed by atoms with E-state index in [1.165, 1.54) is 17.5 Å². The molecule has 1 aliphatic heterocycles. The van der Waals surface area contributed by atoms with Crippen LogP contribution in [0, 0.1) is 5.92 Å². The van der Waals surface area contributed by atoms with Gasteiger partial charge in [0.1, 0.15) is 5.58 Å². The SMILES string of the molecule is CC(N)C1CCCN(C(=O)Cc2coc3cc4c(cc23)CCC4)C1.Cl. The van der Waals surface area contributed by atoms with Gasteiger partial charge in [-0.15, -0.1) is 12.4 Å². The van der Waals surface area contributed by atoms with Crippen molar-refractivity contribution < 1.29 is 9.21 Å². The summed E-state index contributed by atoms with van der Waals surface area (Å²) in [6.45, 7) is 3.69. The zero-order chi connectivity index (χ0) is 16.7. The summed E-state index contributed by atoms with van der Waals surface area (Å²) in [5.74, 6) is 0.621. The highest BCUT2D eigenvalue weighted by Crippen LogP contribution is 2.31. The van der Waals surface area contributed by atoms with Crippen LogP contribution in [0.3, 0.4) is 0 Å². The molecule has 0 spiro atoms. The number of carbonyl (C=O) groups excluding carboxylic acids is 1. The van der Waals surface area contributed by atoms with Crippen LogP contribution in [0.5, 0.6) is 0 Å². The molecule has 1 aromatic heterocycles. The van der Waals surface area contributed by atoms with E-state index in [9.17, 15) is 4.79 Å². The van der Waals surface area contributed by atoms with E-state index in [1.54, 1.807) is 6.26 Å². The topological polar surface area (TPSA) is 59.5 Å². The molecule has 4 nitrogen and oxygen atoms in total. The lowest BCUT2D eigenvalue weighted by Crippen LogP contribution is -2.45. The largest absolute Gasteiger partial charge is 0.464 e. The minimum absolute atomic E-state index is 0. The van der Waals surface area contributed by atoms with Crippen molar-refractivity contribution >= 4 is 29.3 Å². The smallest absolute Gasteiger partial charge is 0.227 e. The van der Waals surface area contributed by atoms with Crippen LogP contribution in [0.15, 0.2) is 22.8 Å². The molecule has 4 rings (SSSR count). The van der Waals surface area contributed by atoms with Gasteiger partial charge in [0.05, 0.1) is 12.7 Å². The van der Waals surface area contributed by atoms with Crippen LogP contribution in [0.4, 0.5) is 0 Å². The van der Waals surface area contributed by atoms with E-state index in [4.69, 9.17) is 10.2 Å². The Kier molecular flexibility index (Phi) is 5.40. The summed E-state index contributed by atoms with van der Waals surface area (Å²) in [4.78, 5) is 14.7. The maximum Gasteiger partial charge on any atom is 0.227 e. The normalized spacial score (nSPS) is 21.0. The van der Waals surface area contributed by atoms with Gasteiger partial charge in [-0.25, -0.2) is 0 Å². The standard InChI is InChI=1S/C20H26N2O2.ClH/c1-13(21)16-6-3-7-22(11-16)20(23)10-17-12-24-19-9-15-5-2-4-14(15)8-18(17)19;/h8-9,12-13,16H,2-7,10-11,21H2,1H3;1H. The molecule has 0 radical (unpaired) electrons. The number of carbonyl (C=O) groups is 1. The maximum absolute atomic E-state index is 12.8. The molecular weight excluding hydrogens is 336 g/mol. The van der Waals surface area contributed by atoms with Gasteiger partial charge in [0, 0.05) is 30.1 Å². The van der Waals surface area contributed by atoms with Gasteiger partial charge < -0.3 is 15.1 Å². The van der Waals surface area contributed by atoms with E-state index in [0.717, 1.165) is 55.3 Å². The Hall–Kier alpha value is -1.52. The highest BCUT2D eigenvalue weighted by molar-refractivity contribution is 5.88. The van der Waals surface area contributed by atoms with Crippen molar-refractivity contribution in [2.24, 2.45) is 11.7 Å². The minimum atomic E-state index is 0. The first-order chi connectivity index (χ1) is 11.6. The lowest BCUT2D eigenvalue weighted by Gasteiger charge is -2.34. The van der Waals surface area contributed by atoms with Crippen LogP contribution in [-0.2, 0) is 24.1 Å². The van der Waals surface area contributed by atoms with E-state index >= 15 is 0 Å². The Morgan fingerprint density at radius 3 is 2.84 bits per heavy atom. The van der Waals surface area contributed by atoms with Crippen LogP contribution < -0.4 is 5.73 Å². The van der Waals surface area contributed by atoms with Gasteiger partial charge in [-0.3, -0.25) is 4.79 Å². The molecule has 1 saturated heterocycles. The van der Waals surface area contributed by atoms with Crippen molar-refractivity contribution in [2.45, 2.75) is 51.5 Å². The van der Waals surface area contributed by atoms with Crippen molar-refractivity contribution in [3.05, 3.63) is 35.1 Å². The summed E-state index contributed by atoms with van der Waals surface area (Å²) >= 11 is 0. The summed E-state index contributed by atoms with van der Waals surface area (Å²) in [6.07, 6.45) is 7.89. The second kappa shape index (κ2) is 7.38. The average Bonchev–Trinajstić information content (AvgIpc) is 3.19. The number of aryl methyl sites for hydroxylation is 2. The predicted molar refractivity (Wildman–Crippen MR) is 102 cm³/mol. The molecule has 1 aliphatic carbocycles. The lowest BCUT2D eigenvalue weighted by atomic mass is 9.92. The van der Waals surface area contributed by atoms with Gasteiger partial charge >= 0.3 is 0 Å². The van der Waals surface area contributed by atoms with Crippen molar-refractivity contribution in [1.82, 2.24) is 4.90 Å². The molecule has 136 valence electrons. The first-order valence-corrected chi connectivity index (χ1v) is 9.17. The minimum Gasteiger partial charge on any atom is -0.464 e. The summed E-state index contributed by atoms with van der Waals surface area (Å²) < 4.78 is 5.73. The molecule has 2 N–H and O–H groups in total. The average molecular weight is 363 g/mol. The van der Waals surface area contributed by atoms with Gasteiger partial charge in [-0.2, -0.15) is 0 Å². The third kappa shape index (κ3) is 3.56. The molecule has 2 aromatic rings. The summed E-state index contributed by atoms with van der Waals surface area (Å²) in [5, 5.41) is 1.12. The Morgan fingerprint density at radius 2 is 2.08 bits per heavy atom. The zero-order valence-corrected chi connectivity index (χ0v) is 15.6. The van der Waals surface area contributed by atoms with Crippen LogP contribution >= 0.6 is 12.4 Å². The number of fused-ring (bicyclic) bond motifs is 2. The van der Waals surface area contributed by atoms with Crippen LogP contribution in [-0.4, -0.2) is 29.9 Å². The Bertz CT molecular complexity index is 768. The quantitative estimate of drug-likeness (QED) is 0.909. The Balaban J connectivity index is 0.00000182. The molecular formula is C20H27ClN2O2. The number of nitrogens with two attached hydrogens (primary N) is 1. The number of piperidine rings is 1. The number of rotatable bonds is 3. The third-order valence-corrected chi connectivity index (χ3v) is 5.76. The molecule has 25 heavy (non-hydrogen) atoms. The Labute approximate surface area is 155 Å². The first kappa shape index (κ1) is 18.3. The molecule has 2 aliphatic rings. The summed E-state index contributed by atoms with van der Waals surface area (Å²) in [6, 6.07) is 4.56. The van der Waals surface area contributed by atoms with Crippen LogP contribution in [0.1, 0.15) is 42.9 Å². The van der Waals surface area contributed by atoms with Gasteiger partial charge in [0.15, 0.2) is 0 Å². The lowest BCUT2D eigenvalue weighted by molar-refractivity contribution is -0.132. The second-order valence-electron chi connectivity index (χ2n) is 7.51. The monoisotopic (exact) mass is 362 g/mol. The molecule has 0 saturated carbocycles. The van der Waals surface area contributed by atoms with E-state index in [-0.39, 0.29) is 24.4 Å². The fourth-order valence-corrected chi connectivity index (χ4v) is 4.23. The van der Waals surface area contributed by atoms with Crippen LogP contribution in [0.2, 0.25) is 0 Å². The summed E-state index contributed by atoms with van der Waals surface area (Å²) in [5.41, 5.74) is 10.8. The number of nitrogens with zero attached hydrogens (tertiary/aromatic N) is 1. The molecule has 0 bridgehead atoms. The van der Waals surface area contributed by atoms with Crippen molar-refractivity contribution in [3.63, 3.8) is 0 Å². The predicted octanol–water partition coefficient (Wildman–Crippen LogP) is 3.47. The molecule has 1 fully saturated rings.